The molecule has 2 aromatic carbocycles. The first-order valence-corrected chi connectivity index (χ1v) is 8.43. The average Bonchev–Trinajstić information content (AvgIpc) is 2.65. The fourth-order valence-corrected chi connectivity index (χ4v) is 2.42. The Hall–Kier alpha value is -2.53. The Bertz CT molecular complexity index is 659. The Labute approximate surface area is 150 Å². The molecule has 0 heterocycles. The van der Waals surface area contributed by atoms with E-state index in [9.17, 15) is 0 Å². The lowest BCUT2D eigenvalue weighted by Gasteiger charge is -2.18. The Morgan fingerprint density at radius 3 is 2.52 bits per heavy atom. The highest BCUT2D eigenvalue weighted by molar-refractivity contribution is 5.80. The molecule has 0 fully saturated rings. The van der Waals surface area contributed by atoms with Crippen molar-refractivity contribution in [1.29, 1.82) is 0 Å². The zero-order valence-corrected chi connectivity index (χ0v) is 15.2. The third kappa shape index (κ3) is 6.47. The van der Waals surface area contributed by atoms with Crippen LogP contribution in [-0.4, -0.2) is 32.8 Å². The van der Waals surface area contributed by atoms with Gasteiger partial charge in [-0.2, -0.15) is 0 Å². The van der Waals surface area contributed by atoms with Crippen LogP contribution in [0.15, 0.2) is 59.6 Å². The maximum atomic E-state index is 5.99. The molecule has 0 amide bonds. The van der Waals surface area contributed by atoms with Crippen LogP contribution in [0, 0.1) is 0 Å². The molecule has 0 spiro atoms. The molecule has 5 nitrogen and oxygen atoms in total. The molecule has 0 saturated carbocycles. The van der Waals surface area contributed by atoms with Crippen molar-refractivity contribution in [1.82, 2.24) is 10.6 Å². The number of nitrogens with zero attached hydrogens (tertiary/aromatic N) is 1. The van der Waals surface area contributed by atoms with E-state index in [4.69, 9.17) is 9.47 Å². The Kier molecular flexibility index (Phi) is 7.79. The van der Waals surface area contributed by atoms with Gasteiger partial charge in [0.05, 0.1) is 6.61 Å². The van der Waals surface area contributed by atoms with Gasteiger partial charge < -0.3 is 20.1 Å². The second kappa shape index (κ2) is 10.4. The predicted octanol–water partition coefficient (Wildman–Crippen LogP) is 2.97. The van der Waals surface area contributed by atoms with E-state index in [2.05, 4.69) is 33.8 Å². The Balaban J connectivity index is 1.93. The van der Waals surface area contributed by atoms with Gasteiger partial charge in [-0.1, -0.05) is 48.5 Å². The smallest absolute Gasteiger partial charge is 0.191 e. The summed E-state index contributed by atoms with van der Waals surface area (Å²) < 4.78 is 11.1. The summed E-state index contributed by atoms with van der Waals surface area (Å²) in [6, 6.07) is 18.4. The number of benzene rings is 2. The number of hydrogen-bond donors (Lipinski definition) is 2. The Morgan fingerprint density at radius 1 is 1.08 bits per heavy atom. The minimum atomic E-state index is 0.181. The number of nitrogens with one attached hydrogen (secondary N) is 2. The largest absolute Gasteiger partial charge is 0.489 e. The first-order valence-electron chi connectivity index (χ1n) is 8.43. The van der Waals surface area contributed by atoms with Gasteiger partial charge in [0.1, 0.15) is 12.4 Å². The fourth-order valence-electron chi connectivity index (χ4n) is 2.42. The van der Waals surface area contributed by atoms with Crippen molar-refractivity contribution in [2.24, 2.45) is 4.99 Å². The van der Waals surface area contributed by atoms with Crippen LogP contribution in [0.2, 0.25) is 0 Å². The number of hydrogen-bond acceptors (Lipinski definition) is 3. The van der Waals surface area contributed by atoms with Crippen LogP contribution in [0.4, 0.5) is 0 Å². The lowest BCUT2D eigenvalue weighted by molar-refractivity contribution is 0.179. The van der Waals surface area contributed by atoms with Gasteiger partial charge in [-0.05, 0) is 18.6 Å². The number of aliphatic imine (C=N–C) groups is 1. The molecule has 1 atom stereocenters. The van der Waals surface area contributed by atoms with Crippen LogP contribution in [0.3, 0.4) is 0 Å². The molecule has 0 aliphatic rings. The van der Waals surface area contributed by atoms with Crippen molar-refractivity contribution < 1.29 is 9.47 Å². The molecule has 5 heteroatoms. The summed E-state index contributed by atoms with van der Waals surface area (Å²) in [5.41, 5.74) is 2.23. The lowest BCUT2D eigenvalue weighted by Crippen LogP contribution is -2.43. The fraction of sp³-hybridized carbons (Fsp3) is 0.350. The molecule has 25 heavy (non-hydrogen) atoms. The second-order valence-electron chi connectivity index (χ2n) is 5.81. The highest BCUT2D eigenvalue weighted by atomic mass is 16.5. The quantitative estimate of drug-likeness (QED) is 0.572. The molecule has 0 aromatic heterocycles. The number of guanidine groups is 1. The van der Waals surface area contributed by atoms with Crippen molar-refractivity contribution in [2.75, 3.05) is 20.8 Å². The molecule has 0 saturated heterocycles. The predicted molar refractivity (Wildman–Crippen MR) is 102 cm³/mol. The number of para-hydroxylation sites is 1. The van der Waals surface area contributed by atoms with Crippen molar-refractivity contribution in [2.45, 2.75) is 26.1 Å². The number of ether oxygens (including phenoxy) is 2. The van der Waals surface area contributed by atoms with Gasteiger partial charge in [-0.25, -0.2) is 0 Å². The van der Waals surface area contributed by atoms with E-state index in [1.165, 1.54) is 0 Å². The molecule has 0 radical (unpaired) electrons. The molecule has 134 valence electrons. The molecular weight excluding hydrogens is 314 g/mol. The van der Waals surface area contributed by atoms with Gasteiger partial charge in [0.2, 0.25) is 0 Å². The van der Waals surface area contributed by atoms with Gasteiger partial charge >= 0.3 is 0 Å². The van der Waals surface area contributed by atoms with Gasteiger partial charge in [0.25, 0.3) is 0 Å². The minimum Gasteiger partial charge on any atom is -0.489 e. The summed E-state index contributed by atoms with van der Waals surface area (Å²) in [5.74, 6) is 1.61. The van der Waals surface area contributed by atoms with E-state index in [1.54, 1.807) is 14.2 Å². The van der Waals surface area contributed by atoms with Crippen LogP contribution < -0.4 is 15.4 Å². The van der Waals surface area contributed by atoms with E-state index in [0.717, 1.165) is 22.8 Å². The van der Waals surface area contributed by atoms with Crippen molar-refractivity contribution in [3.63, 3.8) is 0 Å². The molecule has 1 unspecified atom stereocenters. The van der Waals surface area contributed by atoms with Crippen molar-refractivity contribution >= 4 is 5.96 Å². The first kappa shape index (κ1) is 18.8. The number of methoxy groups -OCH3 is 1. The zero-order valence-electron chi connectivity index (χ0n) is 15.2. The van der Waals surface area contributed by atoms with Gasteiger partial charge in [0.15, 0.2) is 5.96 Å². The van der Waals surface area contributed by atoms with Crippen LogP contribution in [0.1, 0.15) is 18.1 Å². The topological polar surface area (TPSA) is 54.9 Å². The summed E-state index contributed by atoms with van der Waals surface area (Å²) in [7, 11) is 3.45. The van der Waals surface area contributed by atoms with E-state index in [-0.39, 0.29) is 6.04 Å². The summed E-state index contributed by atoms with van der Waals surface area (Å²) in [6.07, 6.45) is 0. The lowest BCUT2D eigenvalue weighted by atomic mass is 10.2. The molecular formula is C20H27N3O2. The first-order chi connectivity index (χ1) is 12.2. The van der Waals surface area contributed by atoms with Gasteiger partial charge in [-0.15, -0.1) is 0 Å². The monoisotopic (exact) mass is 341 g/mol. The molecule has 0 aliphatic carbocycles. The standard InChI is InChI=1S/C20H27N3O2/c1-16(14-24-3)23-20(21-2)22-13-18-11-7-8-12-19(18)25-15-17-9-5-4-6-10-17/h4-12,16H,13-15H2,1-3H3,(H2,21,22,23). The number of rotatable bonds is 8. The van der Waals surface area contributed by atoms with Crippen LogP contribution in [-0.2, 0) is 17.9 Å². The molecule has 2 rings (SSSR count). The summed E-state index contributed by atoms with van der Waals surface area (Å²) in [6.45, 7) is 3.85. The Morgan fingerprint density at radius 2 is 1.80 bits per heavy atom. The molecule has 0 bridgehead atoms. The van der Waals surface area contributed by atoms with Crippen LogP contribution in [0.25, 0.3) is 0 Å². The third-order valence-electron chi connectivity index (χ3n) is 3.68. The molecule has 2 aromatic rings. The third-order valence-corrected chi connectivity index (χ3v) is 3.68. The summed E-state index contributed by atoms with van der Waals surface area (Å²) in [4.78, 5) is 4.25. The van der Waals surface area contributed by atoms with Gasteiger partial charge in [0, 0.05) is 32.3 Å². The van der Waals surface area contributed by atoms with Crippen molar-refractivity contribution in [3.8, 4) is 5.75 Å². The zero-order chi connectivity index (χ0) is 17.9. The molecule has 0 aliphatic heterocycles. The van der Waals surface area contributed by atoms with Crippen LogP contribution in [0.5, 0.6) is 5.75 Å². The van der Waals surface area contributed by atoms with E-state index in [1.807, 2.05) is 43.3 Å². The SMILES string of the molecule is CN=C(NCc1ccccc1OCc1ccccc1)NC(C)COC. The summed E-state index contributed by atoms with van der Waals surface area (Å²) >= 11 is 0. The summed E-state index contributed by atoms with van der Waals surface area (Å²) in [5, 5.41) is 6.61. The minimum absolute atomic E-state index is 0.181. The van der Waals surface area contributed by atoms with Gasteiger partial charge in [-0.3, -0.25) is 4.99 Å². The highest BCUT2D eigenvalue weighted by Gasteiger charge is 2.07. The second-order valence-corrected chi connectivity index (χ2v) is 5.81. The maximum Gasteiger partial charge on any atom is 0.191 e. The molecule has 2 N–H and O–H groups in total. The highest BCUT2D eigenvalue weighted by Crippen LogP contribution is 2.19. The van der Waals surface area contributed by atoms with E-state index in [0.29, 0.717) is 19.8 Å². The normalized spacial score (nSPS) is 12.5. The van der Waals surface area contributed by atoms with Crippen LogP contribution >= 0.6 is 0 Å². The van der Waals surface area contributed by atoms with E-state index < -0.39 is 0 Å². The maximum absolute atomic E-state index is 5.99. The van der Waals surface area contributed by atoms with Crippen molar-refractivity contribution in [3.05, 3.63) is 65.7 Å². The average molecular weight is 341 g/mol. The van der Waals surface area contributed by atoms with E-state index >= 15 is 0 Å².